The summed E-state index contributed by atoms with van der Waals surface area (Å²) in [5, 5.41) is 0. The van der Waals surface area contributed by atoms with Crippen molar-refractivity contribution in [1.29, 1.82) is 0 Å². The van der Waals surface area contributed by atoms with Crippen LogP contribution < -0.4 is 0 Å². The molecule has 0 bridgehead atoms. The average molecular weight is 650 g/mol. The van der Waals surface area contributed by atoms with Crippen molar-refractivity contribution in [2.24, 2.45) is 0 Å². The Kier molecular flexibility index (Phi) is 31.6. The summed E-state index contributed by atoms with van der Waals surface area (Å²) < 4.78 is 0. The quantitative estimate of drug-likeness (QED) is 0.277. The Bertz CT molecular complexity index is 1130. The van der Waals surface area contributed by atoms with Crippen LogP contribution in [0.3, 0.4) is 0 Å². The van der Waals surface area contributed by atoms with E-state index in [0.717, 1.165) is 34.2 Å². The van der Waals surface area contributed by atoms with Crippen molar-refractivity contribution in [3.63, 3.8) is 0 Å². The molecule has 6 heterocycles. The van der Waals surface area contributed by atoms with Crippen molar-refractivity contribution >= 4 is 24.8 Å². The summed E-state index contributed by atoms with van der Waals surface area (Å²) in [4.78, 5) is 25.1. The van der Waals surface area contributed by atoms with Crippen LogP contribution in [-0.4, -0.2) is 62.8 Å². The van der Waals surface area contributed by atoms with Gasteiger partial charge in [0.2, 0.25) is 0 Å². The smallest absolute Gasteiger partial charge is 0.0886 e. The fourth-order valence-corrected chi connectivity index (χ4v) is 3.09. The predicted molar refractivity (Wildman–Crippen MR) is 179 cm³/mol. The van der Waals surface area contributed by atoms with Gasteiger partial charge in [-0.05, 0) is 72.8 Å². The first-order valence-electron chi connectivity index (χ1n) is 11.4. The van der Waals surface area contributed by atoms with Gasteiger partial charge in [0, 0.05) is 37.2 Å². The number of aromatic nitrogens is 6. The molecule has 0 spiro atoms. The largest absolute Gasteiger partial charge is 0.412 e. The molecular formula is C30H38Cl2N6O6. The number of rotatable bonds is 3. The third-order valence-corrected chi connectivity index (χ3v) is 4.78. The average Bonchev–Trinajstić information content (AvgIpc) is 3.01. The van der Waals surface area contributed by atoms with Crippen molar-refractivity contribution in [3.05, 3.63) is 146 Å². The van der Waals surface area contributed by atoms with E-state index in [1.807, 2.05) is 109 Å². The molecule has 238 valence electrons. The maximum atomic E-state index is 4.19. The van der Waals surface area contributed by atoms with Crippen molar-refractivity contribution in [2.75, 3.05) is 0 Å². The van der Waals surface area contributed by atoms with Crippen LogP contribution in [0.25, 0.3) is 34.2 Å². The zero-order chi connectivity index (χ0) is 24.7. The molecule has 12 N–H and O–H groups in total. The molecule has 0 aliphatic carbocycles. The van der Waals surface area contributed by atoms with E-state index in [0.29, 0.717) is 0 Å². The fraction of sp³-hybridized carbons (Fsp3) is 0. The molecule has 6 aromatic rings. The second-order valence-electron chi connectivity index (χ2n) is 7.29. The standard InChI is InChI=1S/3C10H8N2.2ClH.6H2O/c3*1-3-7-11-9(5-1)10-6-2-4-8-12-10;;;;;;;;/h3*1-8H;2*1H;6*1H2. The lowest BCUT2D eigenvalue weighted by Crippen LogP contribution is -1.83. The first-order chi connectivity index (χ1) is 17.9. The summed E-state index contributed by atoms with van der Waals surface area (Å²) in [5.41, 5.74) is 5.49. The lowest BCUT2D eigenvalue weighted by Gasteiger charge is -1.96. The van der Waals surface area contributed by atoms with E-state index < -0.39 is 0 Å². The van der Waals surface area contributed by atoms with Gasteiger partial charge in [-0.3, -0.25) is 29.9 Å². The van der Waals surface area contributed by atoms with Crippen LogP contribution in [0.1, 0.15) is 0 Å². The second-order valence-corrected chi connectivity index (χ2v) is 7.29. The van der Waals surface area contributed by atoms with E-state index >= 15 is 0 Å². The van der Waals surface area contributed by atoms with Gasteiger partial charge in [0.1, 0.15) is 0 Å². The summed E-state index contributed by atoms with van der Waals surface area (Å²) in [7, 11) is 0. The Labute approximate surface area is 267 Å². The van der Waals surface area contributed by atoms with Crippen LogP contribution in [-0.2, 0) is 0 Å². The third-order valence-electron chi connectivity index (χ3n) is 4.78. The minimum absolute atomic E-state index is 0. The summed E-state index contributed by atoms with van der Waals surface area (Å²) in [6, 6.07) is 34.8. The molecule has 44 heavy (non-hydrogen) atoms. The molecule has 6 aromatic heterocycles. The van der Waals surface area contributed by atoms with Crippen molar-refractivity contribution < 1.29 is 32.9 Å². The summed E-state index contributed by atoms with van der Waals surface area (Å²) in [6.45, 7) is 0. The second kappa shape index (κ2) is 28.4. The Hall–Kier alpha value is -4.76. The molecule has 0 aromatic carbocycles. The highest BCUT2D eigenvalue weighted by Gasteiger charge is 1.97. The summed E-state index contributed by atoms with van der Waals surface area (Å²) in [5.74, 6) is 0. The molecule has 0 unspecified atom stereocenters. The molecule has 0 atom stereocenters. The van der Waals surface area contributed by atoms with E-state index in [-0.39, 0.29) is 57.7 Å². The van der Waals surface area contributed by atoms with Crippen LogP contribution in [0.5, 0.6) is 0 Å². The zero-order valence-corrected chi connectivity index (χ0v) is 25.0. The minimum Gasteiger partial charge on any atom is -0.412 e. The topological polar surface area (TPSA) is 266 Å². The molecule has 0 amide bonds. The van der Waals surface area contributed by atoms with Gasteiger partial charge in [-0.15, -0.1) is 24.8 Å². The summed E-state index contributed by atoms with van der Waals surface area (Å²) >= 11 is 0. The van der Waals surface area contributed by atoms with Gasteiger partial charge < -0.3 is 32.9 Å². The van der Waals surface area contributed by atoms with E-state index in [9.17, 15) is 0 Å². The van der Waals surface area contributed by atoms with Gasteiger partial charge in [-0.25, -0.2) is 0 Å². The Morgan fingerprint density at radius 1 is 0.227 bits per heavy atom. The summed E-state index contributed by atoms with van der Waals surface area (Å²) in [6.07, 6.45) is 10.6. The van der Waals surface area contributed by atoms with Crippen molar-refractivity contribution in [1.82, 2.24) is 29.9 Å². The highest BCUT2D eigenvalue weighted by atomic mass is 35.5. The normalized spacial score (nSPS) is 7.91. The van der Waals surface area contributed by atoms with Gasteiger partial charge >= 0.3 is 0 Å². The van der Waals surface area contributed by atoms with Crippen molar-refractivity contribution in [3.8, 4) is 34.2 Å². The lowest BCUT2D eigenvalue weighted by molar-refractivity contribution is 0.823. The molecule has 6 rings (SSSR count). The molecule has 0 saturated carbocycles. The minimum atomic E-state index is 0. The van der Waals surface area contributed by atoms with Crippen molar-refractivity contribution in [2.45, 2.75) is 0 Å². The molecule has 0 radical (unpaired) electrons. The molecule has 14 heteroatoms. The van der Waals surface area contributed by atoms with E-state index in [1.54, 1.807) is 37.2 Å². The highest BCUT2D eigenvalue weighted by molar-refractivity contribution is 5.85. The third kappa shape index (κ3) is 16.0. The number of pyridine rings is 6. The monoisotopic (exact) mass is 648 g/mol. The maximum Gasteiger partial charge on any atom is 0.0886 e. The Balaban J connectivity index is -0.000000158. The number of hydrogen-bond acceptors (Lipinski definition) is 6. The van der Waals surface area contributed by atoms with Crippen LogP contribution in [0, 0.1) is 0 Å². The Morgan fingerprint density at radius 2 is 0.364 bits per heavy atom. The van der Waals surface area contributed by atoms with Gasteiger partial charge in [-0.2, -0.15) is 0 Å². The molecule has 0 aliphatic rings. The maximum absolute atomic E-state index is 4.19. The van der Waals surface area contributed by atoms with E-state index in [2.05, 4.69) is 29.9 Å². The Morgan fingerprint density at radius 3 is 0.455 bits per heavy atom. The lowest BCUT2D eigenvalue weighted by atomic mass is 10.2. The van der Waals surface area contributed by atoms with Crippen LogP contribution in [0.15, 0.2) is 146 Å². The van der Waals surface area contributed by atoms with Crippen LogP contribution >= 0.6 is 24.8 Å². The molecular weight excluding hydrogens is 611 g/mol. The van der Waals surface area contributed by atoms with Gasteiger partial charge in [-0.1, -0.05) is 36.4 Å². The van der Waals surface area contributed by atoms with Gasteiger partial charge in [0.05, 0.1) is 34.2 Å². The SMILES string of the molecule is Cl.Cl.O.O.O.O.O.O.c1ccc(-c2ccccn2)nc1.c1ccc(-c2ccccn2)nc1.c1ccc(-c2ccccn2)nc1. The van der Waals surface area contributed by atoms with E-state index in [4.69, 9.17) is 0 Å². The molecule has 0 fully saturated rings. The first kappa shape index (κ1) is 48.9. The molecule has 12 nitrogen and oxygen atoms in total. The first-order valence-corrected chi connectivity index (χ1v) is 11.4. The molecule has 0 aliphatic heterocycles. The van der Waals surface area contributed by atoms with Crippen LogP contribution in [0.2, 0.25) is 0 Å². The predicted octanol–water partition coefficient (Wildman–Crippen LogP) is 2.33. The molecule has 0 saturated heterocycles. The number of nitrogens with zero attached hydrogens (tertiary/aromatic N) is 6. The van der Waals surface area contributed by atoms with Gasteiger partial charge in [0.15, 0.2) is 0 Å². The number of halogens is 2. The highest BCUT2D eigenvalue weighted by Crippen LogP contribution is 2.12. The zero-order valence-electron chi connectivity index (χ0n) is 23.4. The number of hydrogen-bond donors (Lipinski definition) is 0. The van der Waals surface area contributed by atoms with E-state index in [1.165, 1.54) is 0 Å². The van der Waals surface area contributed by atoms with Crippen LogP contribution in [0.4, 0.5) is 0 Å². The van der Waals surface area contributed by atoms with Gasteiger partial charge in [0.25, 0.3) is 0 Å². The fourth-order valence-electron chi connectivity index (χ4n) is 3.09.